The molecule has 1 fully saturated rings. The number of rotatable bonds is 6. The number of fused-ring (bicyclic) bond motifs is 1. The molecule has 1 heterocycles. The second kappa shape index (κ2) is 11.1. The van der Waals surface area contributed by atoms with Crippen molar-refractivity contribution in [1.29, 1.82) is 0 Å². The molecule has 1 aliphatic heterocycles. The van der Waals surface area contributed by atoms with Gasteiger partial charge in [0.05, 0.1) is 16.9 Å². The highest BCUT2D eigenvalue weighted by molar-refractivity contribution is 5.94. The van der Waals surface area contributed by atoms with Crippen molar-refractivity contribution >= 4 is 5.91 Å². The van der Waals surface area contributed by atoms with Gasteiger partial charge in [-0.3, -0.25) is 4.79 Å². The summed E-state index contributed by atoms with van der Waals surface area (Å²) in [5.74, 6) is -1.99. The van der Waals surface area contributed by atoms with Crippen molar-refractivity contribution in [1.82, 2.24) is 15.5 Å². The van der Waals surface area contributed by atoms with Crippen LogP contribution in [0.1, 0.15) is 70.2 Å². The van der Waals surface area contributed by atoms with Crippen molar-refractivity contribution in [3.63, 3.8) is 0 Å². The smallest absolute Gasteiger partial charge is 0.251 e. The number of likely N-dealkylation sites (N-methyl/N-ethyl adjacent to an activating group) is 1. The fraction of sp³-hybridized carbons (Fsp3) is 0.480. The van der Waals surface area contributed by atoms with E-state index in [9.17, 15) is 13.6 Å². The van der Waals surface area contributed by atoms with Gasteiger partial charge in [0.15, 0.2) is 0 Å². The molecule has 1 aromatic carbocycles. The van der Waals surface area contributed by atoms with Crippen LogP contribution in [-0.2, 0) is 0 Å². The van der Waals surface area contributed by atoms with Crippen LogP contribution in [0.3, 0.4) is 0 Å². The van der Waals surface area contributed by atoms with Crippen LogP contribution in [0.5, 0.6) is 0 Å². The lowest BCUT2D eigenvalue weighted by Gasteiger charge is -2.49. The number of allylic oxidation sites excluding steroid dienone is 3. The maximum atomic E-state index is 13.4. The van der Waals surface area contributed by atoms with Crippen LogP contribution in [0.4, 0.5) is 8.78 Å². The number of benzene rings is 1. The highest BCUT2D eigenvalue weighted by atomic mass is 19.1. The van der Waals surface area contributed by atoms with Gasteiger partial charge >= 0.3 is 0 Å². The van der Waals surface area contributed by atoms with E-state index in [1.54, 1.807) is 0 Å². The van der Waals surface area contributed by atoms with E-state index in [1.165, 1.54) is 11.4 Å². The maximum absolute atomic E-state index is 13.4. The average molecular weight is 432 g/mol. The maximum Gasteiger partial charge on any atom is 0.251 e. The summed E-state index contributed by atoms with van der Waals surface area (Å²) in [5, 5.41) is 6.54. The highest BCUT2D eigenvalue weighted by Crippen LogP contribution is 2.39. The molecular formula is C25H35F2N3O. The predicted octanol–water partition coefficient (Wildman–Crippen LogP) is 5.65. The topological polar surface area (TPSA) is 44.4 Å². The molecule has 0 aromatic heterocycles. The molecule has 6 heteroatoms. The lowest BCUT2D eigenvalue weighted by Crippen LogP contribution is -2.56. The van der Waals surface area contributed by atoms with E-state index in [0.29, 0.717) is 13.0 Å². The molecule has 0 saturated carbocycles. The number of hydrogen-bond acceptors (Lipinski definition) is 3. The molecule has 2 aliphatic rings. The molecule has 0 radical (unpaired) electrons. The minimum atomic E-state index is -0.757. The second-order valence-corrected chi connectivity index (χ2v) is 7.57. The Morgan fingerprint density at radius 2 is 1.81 bits per heavy atom. The first-order valence-electron chi connectivity index (χ1n) is 11.3. The summed E-state index contributed by atoms with van der Waals surface area (Å²) in [4.78, 5) is 14.6. The highest BCUT2D eigenvalue weighted by Gasteiger charge is 2.40. The molecule has 0 bridgehead atoms. The lowest BCUT2D eigenvalue weighted by atomic mass is 9.82. The van der Waals surface area contributed by atoms with Gasteiger partial charge in [0.1, 0.15) is 11.6 Å². The number of carbonyl (C=O) groups excluding carboxylic acids is 1. The van der Waals surface area contributed by atoms with E-state index in [1.807, 2.05) is 13.8 Å². The third-order valence-corrected chi connectivity index (χ3v) is 5.68. The molecule has 1 aliphatic carbocycles. The van der Waals surface area contributed by atoms with Crippen LogP contribution in [0, 0.1) is 11.6 Å². The van der Waals surface area contributed by atoms with Crippen LogP contribution in [0.2, 0.25) is 0 Å². The molecule has 4 nitrogen and oxygen atoms in total. The standard InChI is InChI=1S/C23H29F2N3O.C2H6/c1-4-8-21-23(5-2,27-19-9-6-7-10-20(19)28(21)3)11-12-26-22(29)16-13-17(24)15-18(25)14-16;1-2/h8-10,13-15,27H,4-7,11-12H2,1-3H3,(H,26,29);1-2H3/b21-8-;. The summed E-state index contributed by atoms with van der Waals surface area (Å²) in [6, 6.07) is 2.86. The van der Waals surface area contributed by atoms with Gasteiger partial charge < -0.3 is 15.5 Å². The van der Waals surface area contributed by atoms with Crippen molar-refractivity contribution in [3.05, 3.63) is 70.7 Å². The van der Waals surface area contributed by atoms with Gasteiger partial charge in [0.2, 0.25) is 0 Å². The van der Waals surface area contributed by atoms with Crippen molar-refractivity contribution in [2.75, 3.05) is 13.6 Å². The van der Waals surface area contributed by atoms with Crippen LogP contribution in [-0.4, -0.2) is 29.9 Å². The van der Waals surface area contributed by atoms with Crippen LogP contribution < -0.4 is 10.6 Å². The van der Waals surface area contributed by atoms with Gasteiger partial charge in [0, 0.05) is 30.9 Å². The van der Waals surface area contributed by atoms with E-state index < -0.39 is 17.5 Å². The van der Waals surface area contributed by atoms with Crippen LogP contribution >= 0.6 is 0 Å². The summed E-state index contributed by atoms with van der Waals surface area (Å²) < 4.78 is 26.8. The number of piperazine rings is 1. The van der Waals surface area contributed by atoms with Crippen LogP contribution in [0.15, 0.2) is 53.5 Å². The van der Waals surface area contributed by atoms with Gasteiger partial charge in [-0.2, -0.15) is 0 Å². The molecule has 31 heavy (non-hydrogen) atoms. The second-order valence-electron chi connectivity index (χ2n) is 7.57. The number of nitrogens with zero attached hydrogens (tertiary/aromatic N) is 1. The normalized spacial score (nSPS) is 21.3. The molecule has 1 aromatic rings. The molecule has 170 valence electrons. The van der Waals surface area contributed by atoms with E-state index in [2.05, 4.69) is 54.7 Å². The summed E-state index contributed by atoms with van der Waals surface area (Å²) in [5.41, 5.74) is 3.20. The lowest BCUT2D eigenvalue weighted by molar-refractivity contribution is 0.0948. The first-order chi connectivity index (χ1) is 14.9. The Kier molecular flexibility index (Phi) is 8.84. The first kappa shape index (κ1) is 24.6. The van der Waals surface area contributed by atoms with Crippen molar-refractivity contribution in [2.24, 2.45) is 0 Å². The number of halogens is 2. The number of carbonyl (C=O) groups is 1. The molecule has 1 unspecified atom stereocenters. The van der Waals surface area contributed by atoms with E-state index in [0.717, 1.165) is 49.6 Å². The van der Waals surface area contributed by atoms with Crippen LogP contribution in [0.25, 0.3) is 0 Å². The first-order valence-corrected chi connectivity index (χ1v) is 11.3. The Balaban J connectivity index is 0.00000166. The van der Waals surface area contributed by atoms with E-state index in [4.69, 9.17) is 0 Å². The summed E-state index contributed by atoms with van der Waals surface area (Å²) in [7, 11) is 2.09. The molecule has 1 amide bonds. The summed E-state index contributed by atoms with van der Waals surface area (Å²) in [6.45, 7) is 8.63. The van der Waals surface area contributed by atoms with E-state index >= 15 is 0 Å². The molecule has 2 N–H and O–H groups in total. The minimum absolute atomic E-state index is 0.00805. The number of hydrogen-bond donors (Lipinski definition) is 2. The SMILES string of the molecule is CC.CC/C=C1\N(C)C2=CCCC=C2NC1(CC)CCNC(=O)c1cc(F)cc(F)c1. The zero-order chi connectivity index (χ0) is 23.0. The number of nitrogens with one attached hydrogen (secondary N) is 2. The Bertz CT molecular complexity index is 855. The quantitative estimate of drug-likeness (QED) is 0.612. The summed E-state index contributed by atoms with van der Waals surface area (Å²) in [6.07, 6.45) is 11.2. The molecule has 1 atom stereocenters. The Morgan fingerprint density at radius 1 is 1.16 bits per heavy atom. The van der Waals surface area contributed by atoms with Crippen molar-refractivity contribution in [3.8, 4) is 0 Å². The zero-order valence-corrected chi connectivity index (χ0v) is 19.3. The largest absolute Gasteiger partial charge is 0.373 e. The van der Waals surface area contributed by atoms with Gasteiger partial charge in [-0.15, -0.1) is 0 Å². The fourth-order valence-electron chi connectivity index (χ4n) is 4.21. The minimum Gasteiger partial charge on any atom is -0.373 e. The fourth-order valence-corrected chi connectivity index (χ4v) is 4.21. The monoisotopic (exact) mass is 431 g/mol. The summed E-state index contributed by atoms with van der Waals surface area (Å²) >= 11 is 0. The van der Waals surface area contributed by atoms with Gasteiger partial charge in [0.25, 0.3) is 5.91 Å². The van der Waals surface area contributed by atoms with Gasteiger partial charge in [-0.05, 0) is 44.2 Å². The Morgan fingerprint density at radius 3 is 2.42 bits per heavy atom. The Labute approximate surface area is 185 Å². The van der Waals surface area contributed by atoms with Gasteiger partial charge in [-0.1, -0.05) is 45.9 Å². The predicted molar refractivity (Wildman–Crippen MR) is 122 cm³/mol. The number of amides is 1. The average Bonchev–Trinajstić information content (AvgIpc) is 2.77. The molecule has 1 saturated heterocycles. The molecular weight excluding hydrogens is 396 g/mol. The zero-order valence-electron chi connectivity index (χ0n) is 19.3. The third kappa shape index (κ3) is 5.54. The molecule has 0 spiro atoms. The van der Waals surface area contributed by atoms with Crippen molar-refractivity contribution in [2.45, 2.75) is 65.3 Å². The van der Waals surface area contributed by atoms with E-state index in [-0.39, 0.29) is 11.1 Å². The molecule has 3 rings (SSSR count). The van der Waals surface area contributed by atoms with Gasteiger partial charge in [-0.25, -0.2) is 8.78 Å². The van der Waals surface area contributed by atoms with Crippen molar-refractivity contribution < 1.29 is 13.6 Å². The Hall–Kier alpha value is -2.63. The third-order valence-electron chi connectivity index (χ3n) is 5.68.